The molecule has 0 saturated heterocycles. The summed E-state index contributed by atoms with van der Waals surface area (Å²) in [6.07, 6.45) is -5.93. The van der Waals surface area contributed by atoms with E-state index in [0.29, 0.717) is 0 Å². The van der Waals surface area contributed by atoms with Crippen molar-refractivity contribution in [3.63, 3.8) is 0 Å². The molecule has 0 fully saturated rings. The SMILES string of the molecule is CC(C)(C)OC(=O)N[C@H](C=O)[C@H](O)[C@@H](O)[C@@H](O)CO. The Bertz CT molecular complexity index is 302. The standard InChI is InChI=1S/C11H21NO7/c1-11(2,3)19-10(18)12-6(4-13)8(16)9(17)7(15)5-14/h4,6-9,14-17H,5H2,1-3H3,(H,12,18)/t6-,7+,8+,9+/m1/s1. The minimum absolute atomic E-state index is 0.196. The first-order valence-corrected chi connectivity index (χ1v) is 5.72. The van der Waals surface area contributed by atoms with E-state index in [1.807, 2.05) is 0 Å². The molecule has 0 aromatic rings. The van der Waals surface area contributed by atoms with Gasteiger partial charge in [0.15, 0.2) is 0 Å². The van der Waals surface area contributed by atoms with Gasteiger partial charge in [-0.05, 0) is 20.8 Å². The topological polar surface area (TPSA) is 136 Å². The number of carbonyl (C=O) groups excluding carboxylic acids is 2. The highest BCUT2D eigenvalue weighted by molar-refractivity contribution is 5.73. The molecule has 19 heavy (non-hydrogen) atoms. The fourth-order valence-electron chi connectivity index (χ4n) is 1.19. The summed E-state index contributed by atoms with van der Waals surface area (Å²) in [4.78, 5) is 22.2. The first-order chi connectivity index (χ1) is 8.62. The zero-order valence-corrected chi connectivity index (χ0v) is 11.1. The summed E-state index contributed by atoms with van der Waals surface area (Å²) in [5, 5.41) is 38.8. The molecule has 0 unspecified atom stereocenters. The highest BCUT2D eigenvalue weighted by atomic mass is 16.6. The second kappa shape index (κ2) is 7.39. The van der Waals surface area contributed by atoms with Gasteiger partial charge in [0.25, 0.3) is 0 Å². The summed E-state index contributed by atoms with van der Waals surface area (Å²) in [5.41, 5.74) is -0.786. The number of aliphatic hydroxyl groups is 4. The fourth-order valence-corrected chi connectivity index (χ4v) is 1.19. The Balaban J connectivity index is 4.58. The quantitative estimate of drug-likeness (QED) is 0.360. The molecule has 0 aromatic heterocycles. The van der Waals surface area contributed by atoms with E-state index in [9.17, 15) is 19.8 Å². The first kappa shape index (κ1) is 17.8. The summed E-state index contributed by atoms with van der Waals surface area (Å²) in [7, 11) is 0. The Labute approximate surface area is 111 Å². The molecule has 0 heterocycles. The molecule has 0 radical (unpaired) electrons. The maximum atomic E-state index is 11.4. The molecule has 112 valence electrons. The van der Waals surface area contributed by atoms with Crippen molar-refractivity contribution in [2.75, 3.05) is 6.61 Å². The van der Waals surface area contributed by atoms with Crippen LogP contribution in [0.15, 0.2) is 0 Å². The highest BCUT2D eigenvalue weighted by Gasteiger charge is 2.32. The van der Waals surface area contributed by atoms with Crippen LogP contribution in [0.3, 0.4) is 0 Å². The molecular weight excluding hydrogens is 258 g/mol. The van der Waals surface area contributed by atoms with E-state index in [1.54, 1.807) is 20.8 Å². The maximum Gasteiger partial charge on any atom is 0.408 e. The third-order valence-corrected chi connectivity index (χ3v) is 2.13. The van der Waals surface area contributed by atoms with Crippen molar-refractivity contribution in [1.29, 1.82) is 0 Å². The van der Waals surface area contributed by atoms with Crippen molar-refractivity contribution >= 4 is 12.4 Å². The largest absolute Gasteiger partial charge is 0.444 e. The van der Waals surface area contributed by atoms with Gasteiger partial charge < -0.3 is 35.3 Å². The second-order valence-electron chi connectivity index (χ2n) is 5.04. The van der Waals surface area contributed by atoms with Crippen LogP contribution in [0.1, 0.15) is 20.8 Å². The zero-order chi connectivity index (χ0) is 15.2. The Hall–Kier alpha value is -1.22. The molecule has 0 rings (SSSR count). The van der Waals surface area contributed by atoms with Crippen LogP contribution in [0, 0.1) is 0 Å². The smallest absolute Gasteiger partial charge is 0.408 e. The number of nitrogens with one attached hydrogen (secondary N) is 1. The molecule has 0 aliphatic carbocycles. The molecule has 0 spiro atoms. The zero-order valence-electron chi connectivity index (χ0n) is 11.1. The van der Waals surface area contributed by atoms with Gasteiger partial charge in [0.05, 0.1) is 6.61 Å². The van der Waals surface area contributed by atoms with Gasteiger partial charge in [0.1, 0.15) is 36.2 Å². The van der Waals surface area contributed by atoms with Crippen LogP contribution in [0.2, 0.25) is 0 Å². The van der Waals surface area contributed by atoms with Gasteiger partial charge in [-0.15, -0.1) is 0 Å². The van der Waals surface area contributed by atoms with Crippen LogP contribution in [-0.4, -0.2) is 69.4 Å². The van der Waals surface area contributed by atoms with Crippen LogP contribution in [-0.2, 0) is 9.53 Å². The van der Waals surface area contributed by atoms with Crippen LogP contribution in [0.5, 0.6) is 0 Å². The molecule has 1 amide bonds. The number of ether oxygens (including phenoxy) is 1. The van der Waals surface area contributed by atoms with E-state index >= 15 is 0 Å². The highest BCUT2D eigenvalue weighted by Crippen LogP contribution is 2.08. The van der Waals surface area contributed by atoms with Crippen molar-refractivity contribution in [2.45, 2.75) is 50.7 Å². The molecule has 8 heteroatoms. The van der Waals surface area contributed by atoms with Crippen LogP contribution < -0.4 is 5.32 Å². The number of aliphatic hydroxyl groups excluding tert-OH is 4. The van der Waals surface area contributed by atoms with Gasteiger partial charge in [-0.1, -0.05) is 0 Å². The Morgan fingerprint density at radius 3 is 2.16 bits per heavy atom. The lowest BCUT2D eigenvalue weighted by molar-refractivity contribution is -0.120. The van der Waals surface area contributed by atoms with E-state index in [4.69, 9.17) is 14.9 Å². The average molecular weight is 279 g/mol. The normalized spacial score (nSPS) is 18.1. The third-order valence-electron chi connectivity index (χ3n) is 2.13. The minimum Gasteiger partial charge on any atom is -0.444 e. The van der Waals surface area contributed by atoms with Gasteiger partial charge in [-0.2, -0.15) is 0 Å². The van der Waals surface area contributed by atoms with Crippen LogP contribution in [0.25, 0.3) is 0 Å². The lowest BCUT2D eigenvalue weighted by atomic mass is 10.0. The predicted octanol–water partition coefficient (Wildman–Crippen LogP) is -1.85. The molecule has 8 nitrogen and oxygen atoms in total. The predicted molar refractivity (Wildman–Crippen MR) is 64.3 cm³/mol. The number of aldehydes is 1. The van der Waals surface area contributed by atoms with E-state index < -0.39 is 42.7 Å². The third kappa shape index (κ3) is 6.48. The molecule has 0 aliphatic rings. The summed E-state index contributed by atoms with van der Waals surface area (Å²) in [6, 6.07) is -1.47. The molecule has 0 bridgehead atoms. The average Bonchev–Trinajstić information content (AvgIpc) is 2.30. The summed E-state index contributed by atoms with van der Waals surface area (Å²) in [5.74, 6) is 0. The lowest BCUT2D eigenvalue weighted by Gasteiger charge is -2.27. The number of amides is 1. The Morgan fingerprint density at radius 1 is 1.26 bits per heavy atom. The molecule has 0 aliphatic heterocycles. The van der Waals surface area contributed by atoms with Gasteiger partial charge in [-0.3, -0.25) is 0 Å². The fraction of sp³-hybridized carbons (Fsp3) is 0.818. The van der Waals surface area contributed by atoms with Crippen molar-refractivity contribution in [2.24, 2.45) is 0 Å². The molecule has 0 saturated carbocycles. The molecular formula is C11H21NO7. The van der Waals surface area contributed by atoms with Crippen molar-refractivity contribution < 1.29 is 34.8 Å². The van der Waals surface area contributed by atoms with Crippen molar-refractivity contribution in [1.82, 2.24) is 5.32 Å². The van der Waals surface area contributed by atoms with Crippen molar-refractivity contribution in [3.05, 3.63) is 0 Å². The van der Waals surface area contributed by atoms with E-state index in [-0.39, 0.29) is 6.29 Å². The number of hydrogen-bond acceptors (Lipinski definition) is 7. The number of alkyl carbamates (subject to hydrolysis) is 1. The Kier molecular flexibility index (Phi) is 6.91. The first-order valence-electron chi connectivity index (χ1n) is 5.72. The summed E-state index contributed by atoms with van der Waals surface area (Å²) >= 11 is 0. The number of carbonyl (C=O) groups is 2. The second-order valence-corrected chi connectivity index (χ2v) is 5.04. The minimum atomic E-state index is -1.78. The van der Waals surface area contributed by atoms with Gasteiger partial charge in [0.2, 0.25) is 0 Å². The van der Waals surface area contributed by atoms with E-state index in [0.717, 1.165) is 0 Å². The van der Waals surface area contributed by atoms with Gasteiger partial charge in [0, 0.05) is 0 Å². The summed E-state index contributed by atoms with van der Waals surface area (Å²) in [6.45, 7) is 4.05. The number of rotatable bonds is 6. The molecule has 5 N–H and O–H groups in total. The van der Waals surface area contributed by atoms with Gasteiger partial charge >= 0.3 is 6.09 Å². The van der Waals surface area contributed by atoms with Crippen LogP contribution in [0.4, 0.5) is 4.79 Å². The monoisotopic (exact) mass is 279 g/mol. The van der Waals surface area contributed by atoms with Gasteiger partial charge in [-0.25, -0.2) is 4.79 Å². The number of hydrogen-bond donors (Lipinski definition) is 5. The molecule has 4 atom stereocenters. The van der Waals surface area contributed by atoms with Crippen molar-refractivity contribution in [3.8, 4) is 0 Å². The lowest BCUT2D eigenvalue weighted by Crippen LogP contribution is -2.54. The maximum absolute atomic E-state index is 11.4. The van der Waals surface area contributed by atoms with E-state index in [2.05, 4.69) is 5.32 Å². The van der Waals surface area contributed by atoms with E-state index in [1.165, 1.54) is 0 Å². The summed E-state index contributed by atoms with van der Waals surface area (Å²) < 4.78 is 4.87. The Morgan fingerprint density at radius 2 is 1.79 bits per heavy atom. The molecule has 0 aromatic carbocycles. The van der Waals surface area contributed by atoms with Crippen LogP contribution >= 0.6 is 0 Å².